The second-order valence-electron chi connectivity index (χ2n) is 3.60. The molecule has 1 heteroatoms. The molecular formula is C11H20O. The Balaban J connectivity index is 3.00. The van der Waals surface area contributed by atoms with E-state index < -0.39 is 0 Å². The van der Waals surface area contributed by atoms with Gasteiger partial charge in [-0.3, -0.25) is 4.79 Å². The Morgan fingerprint density at radius 1 is 1.17 bits per heavy atom. The average Bonchev–Trinajstić information content (AvgIpc) is 2.02. The van der Waals surface area contributed by atoms with E-state index in [1.54, 1.807) is 6.08 Å². The van der Waals surface area contributed by atoms with Gasteiger partial charge in [0.15, 0.2) is 0 Å². The van der Waals surface area contributed by atoms with Crippen molar-refractivity contribution in [3.05, 3.63) is 12.2 Å². The lowest BCUT2D eigenvalue weighted by Gasteiger charge is -2.02. The number of aldehydes is 1. The van der Waals surface area contributed by atoms with Crippen molar-refractivity contribution in [3.8, 4) is 0 Å². The molecular weight excluding hydrogens is 148 g/mol. The zero-order chi connectivity index (χ0) is 9.23. The van der Waals surface area contributed by atoms with Crippen molar-refractivity contribution in [2.45, 2.75) is 46.0 Å². The smallest absolute Gasteiger partial charge is 0.142 e. The maximum atomic E-state index is 9.90. The van der Waals surface area contributed by atoms with Gasteiger partial charge in [-0.1, -0.05) is 39.2 Å². The summed E-state index contributed by atoms with van der Waals surface area (Å²) in [4.78, 5) is 9.90. The van der Waals surface area contributed by atoms with Crippen LogP contribution in [0, 0.1) is 5.92 Å². The van der Waals surface area contributed by atoms with E-state index in [0.717, 1.165) is 18.6 Å². The van der Waals surface area contributed by atoms with E-state index in [1.807, 2.05) is 6.08 Å². The summed E-state index contributed by atoms with van der Waals surface area (Å²) in [5.41, 5.74) is 0. The lowest BCUT2D eigenvalue weighted by atomic mass is 10.0. The molecule has 0 aliphatic heterocycles. The van der Waals surface area contributed by atoms with Crippen LogP contribution in [0.2, 0.25) is 0 Å². The molecule has 0 heterocycles. The molecule has 0 spiro atoms. The van der Waals surface area contributed by atoms with Crippen molar-refractivity contribution >= 4 is 6.29 Å². The number of rotatable bonds is 7. The predicted octanol–water partition coefficient (Wildman–Crippen LogP) is 3.35. The Hall–Kier alpha value is -0.590. The van der Waals surface area contributed by atoms with E-state index in [4.69, 9.17) is 0 Å². The molecule has 0 aromatic rings. The fourth-order valence-electron chi connectivity index (χ4n) is 1.14. The minimum Gasteiger partial charge on any atom is -0.299 e. The lowest BCUT2D eigenvalue weighted by molar-refractivity contribution is -0.104. The second-order valence-corrected chi connectivity index (χ2v) is 3.60. The Bertz CT molecular complexity index is 125. The summed E-state index contributed by atoms with van der Waals surface area (Å²) in [7, 11) is 0. The van der Waals surface area contributed by atoms with Gasteiger partial charge in [-0.2, -0.15) is 0 Å². The molecule has 0 aromatic heterocycles. The molecule has 0 fully saturated rings. The van der Waals surface area contributed by atoms with Gasteiger partial charge in [-0.25, -0.2) is 0 Å². The third-order valence-corrected chi connectivity index (χ3v) is 1.87. The first-order valence-corrected chi connectivity index (χ1v) is 4.87. The molecule has 0 saturated heterocycles. The van der Waals surface area contributed by atoms with E-state index in [9.17, 15) is 4.79 Å². The Morgan fingerprint density at radius 3 is 2.50 bits per heavy atom. The monoisotopic (exact) mass is 168 g/mol. The highest BCUT2D eigenvalue weighted by atomic mass is 16.1. The molecule has 0 aliphatic rings. The number of allylic oxidation sites excluding steroid dienone is 2. The molecule has 12 heavy (non-hydrogen) atoms. The highest BCUT2D eigenvalue weighted by molar-refractivity contribution is 5.64. The Morgan fingerprint density at radius 2 is 1.92 bits per heavy atom. The topological polar surface area (TPSA) is 17.1 Å². The Labute approximate surface area is 75.9 Å². The van der Waals surface area contributed by atoms with Crippen LogP contribution in [0.1, 0.15) is 46.0 Å². The lowest BCUT2D eigenvalue weighted by Crippen LogP contribution is -1.86. The molecule has 0 amide bonds. The molecule has 0 atom stereocenters. The molecule has 0 aliphatic carbocycles. The normalized spacial score (nSPS) is 11.2. The van der Waals surface area contributed by atoms with Crippen LogP contribution in [-0.2, 0) is 4.79 Å². The molecule has 0 aromatic carbocycles. The van der Waals surface area contributed by atoms with Gasteiger partial charge in [0, 0.05) is 0 Å². The summed E-state index contributed by atoms with van der Waals surface area (Å²) in [6.07, 6.45) is 10.6. The molecule has 0 N–H and O–H groups in total. The summed E-state index contributed by atoms with van der Waals surface area (Å²) in [5.74, 6) is 0.829. The molecule has 1 nitrogen and oxygen atoms in total. The minimum atomic E-state index is 0.829. The third-order valence-electron chi connectivity index (χ3n) is 1.87. The molecule has 0 radical (unpaired) electrons. The summed E-state index contributed by atoms with van der Waals surface area (Å²) in [6, 6.07) is 0. The van der Waals surface area contributed by atoms with Crippen molar-refractivity contribution in [1.82, 2.24) is 0 Å². The van der Waals surface area contributed by atoms with Crippen molar-refractivity contribution in [2.24, 2.45) is 5.92 Å². The van der Waals surface area contributed by atoms with E-state index >= 15 is 0 Å². The van der Waals surface area contributed by atoms with Gasteiger partial charge in [0.2, 0.25) is 0 Å². The highest BCUT2D eigenvalue weighted by Gasteiger charge is 1.92. The molecule has 0 unspecified atom stereocenters. The number of unbranched alkanes of at least 4 members (excludes halogenated alkanes) is 3. The van der Waals surface area contributed by atoms with Gasteiger partial charge in [0.05, 0.1) is 0 Å². The third kappa shape index (κ3) is 9.41. The summed E-state index contributed by atoms with van der Waals surface area (Å²) < 4.78 is 0. The predicted molar refractivity (Wildman–Crippen MR) is 53.1 cm³/mol. The molecule has 70 valence electrons. The van der Waals surface area contributed by atoms with Crippen LogP contribution in [0.4, 0.5) is 0 Å². The number of hydrogen-bond acceptors (Lipinski definition) is 1. The zero-order valence-electron chi connectivity index (χ0n) is 8.25. The molecule has 0 saturated carbocycles. The number of hydrogen-bond donors (Lipinski definition) is 0. The Kier molecular flexibility index (Phi) is 8.09. The van der Waals surface area contributed by atoms with Crippen molar-refractivity contribution in [3.63, 3.8) is 0 Å². The highest BCUT2D eigenvalue weighted by Crippen LogP contribution is 2.09. The maximum absolute atomic E-state index is 9.90. The largest absolute Gasteiger partial charge is 0.299 e. The summed E-state index contributed by atoms with van der Waals surface area (Å²) in [5, 5.41) is 0. The van der Waals surface area contributed by atoms with Crippen LogP contribution in [0.3, 0.4) is 0 Å². The summed E-state index contributed by atoms with van der Waals surface area (Å²) >= 11 is 0. The fraction of sp³-hybridized carbons (Fsp3) is 0.727. The molecule has 0 bridgehead atoms. The van der Waals surface area contributed by atoms with Crippen LogP contribution in [-0.4, -0.2) is 6.29 Å². The first-order chi connectivity index (χ1) is 5.77. The van der Waals surface area contributed by atoms with E-state index in [0.29, 0.717) is 0 Å². The minimum absolute atomic E-state index is 0.829. The average molecular weight is 168 g/mol. The van der Waals surface area contributed by atoms with Gasteiger partial charge < -0.3 is 0 Å². The first-order valence-electron chi connectivity index (χ1n) is 4.87. The number of carbonyl (C=O) groups excluding carboxylic acids is 1. The van der Waals surface area contributed by atoms with Gasteiger partial charge in [0.25, 0.3) is 0 Å². The maximum Gasteiger partial charge on any atom is 0.142 e. The van der Waals surface area contributed by atoms with Crippen molar-refractivity contribution in [2.75, 3.05) is 0 Å². The quantitative estimate of drug-likeness (QED) is 0.324. The van der Waals surface area contributed by atoms with Gasteiger partial charge in [-0.15, -0.1) is 0 Å². The van der Waals surface area contributed by atoms with E-state index in [1.165, 1.54) is 25.7 Å². The van der Waals surface area contributed by atoms with Crippen LogP contribution in [0.15, 0.2) is 12.2 Å². The first kappa shape index (κ1) is 11.4. The van der Waals surface area contributed by atoms with Gasteiger partial charge >= 0.3 is 0 Å². The van der Waals surface area contributed by atoms with Crippen molar-refractivity contribution < 1.29 is 4.79 Å². The van der Waals surface area contributed by atoms with Crippen LogP contribution in [0.25, 0.3) is 0 Å². The standard InChI is InChI=1S/C11H20O/c1-11(2)9-7-5-3-4-6-8-10-12/h6,8,10-11H,3-5,7,9H2,1-2H3/b8-6-. The van der Waals surface area contributed by atoms with Gasteiger partial charge in [0.1, 0.15) is 6.29 Å². The molecule has 0 rings (SSSR count). The SMILES string of the molecule is CC(C)CCCCC/C=C\C=O. The van der Waals surface area contributed by atoms with Crippen LogP contribution in [0.5, 0.6) is 0 Å². The van der Waals surface area contributed by atoms with Gasteiger partial charge in [-0.05, 0) is 24.8 Å². The van der Waals surface area contributed by atoms with Crippen LogP contribution < -0.4 is 0 Å². The van der Waals surface area contributed by atoms with E-state index in [-0.39, 0.29) is 0 Å². The van der Waals surface area contributed by atoms with Crippen molar-refractivity contribution in [1.29, 1.82) is 0 Å². The second kappa shape index (κ2) is 8.51. The summed E-state index contributed by atoms with van der Waals surface area (Å²) in [6.45, 7) is 4.51. The van der Waals surface area contributed by atoms with Crippen LogP contribution >= 0.6 is 0 Å². The van der Waals surface area contributed by atoms with E-state index in [2.05, 4.69) is 13.8 Å². The zero-order valence-corrected chi connectivity index (χ0v) is 8.25. The number of carbonyl (C=O) groups is 1. The fourth-order valence-corrected chi connectivity index (χ4v) is 1.14.